The quantitative estimate of drug-likeness (QED) is 0.745. The SMILES string of the molecule is Cc1cc(C)c(C)c(O[C@H](C)C(=O)NCCOCc2ccccc2)c1. The zero-order chi connectivity index (χ0) is 18.2. The number of hydrogen-bond acceptors (Lipinski definition) is 3. The molecule has 0 heterocycles. The minimum Gasteiger partial charge on any atom is -0.481 e. The molecule has 1 atom stereocenters. The van der Waals surface area contributed by atoms with Crippen molar-refractivity contribution in [3.05, 3.63) is 64.7 Å². The highest BCUT2D eigenvalue weighted by Gasteiger charge is 2.16. The molecule has 0 radical (unpaired) electrons. The van der Waals surface area contributed by atoms with Gasteiger partial charge in [-0.1, -0.05) is 36.4 Å². The largest absolute Gasteiger partial charge is 0.481 e. The number of carbonyl (C=O) groups is 1. The first kappa shape index (κ1) is 19.0. The van der Waals surface area contributed by atoms with Crippen molar-refractivity contribution in [2.75, 3.05) is 13.2 Å². The van der Waals surface area contributed by atoms with Gasteiger partial charge in [-0.2, -0.15) is 0 Å². The first-order valence-corrected chi connectivity index (χ1v) is 8.61. The van der Waals surface area contributed by atoms with Crippen molar-refractivity contribution in [2.24, 2.45) is 0 Å². The summed E-state index contributed by atoms with van der Waals surface area (Å²) in [4.78, 5) is 12.2. The number of hydrogen-bond donors (Lipinski definition) is 1. The van der Waals surface area contributed by atoms with Crippen molar-refractivity contribution in [1.29, 1.82) is 0 Å². The number of benzene rings is 2. The zero-order valence-corrected chi connectivity index (χ0v) is 15.5. The van der Waals surface area contributed by atoms with E-state index in [-0.39, 0.29) is 5.91 Å². The predicted octanol–water partition coefficient (Wildman–Crippen LogP) is 3.71. The average molecular weight is 341 g/mol. The van der Waals surface area contributed by atoms with E-state index < -0.39 is 6.10 Å². The van der Waals surface area contributed by atoms with Crippen LogP contribution in [0.5, 0.6) is 5.75 Å². The van der Waals surface area contributed by atoms with Crippen LogP contribution in [0.2, 0.25) is 0 Å². The summed E-state index contributed by atoms with van der Waals surface area (Å²) in [5, 5.41) is 2.85. The summed E-state index contributed by atoms with van der Waals surface area (Å²) in [5.74, 6) is 0.627. The Bertz CT molecular complexity index is 698. The highest BCUT2D eigenvalue weighted by molar-refractivity contribution is 5.80. The van der Waals surface area contributed by atoms with E-state index >= 15 is 0 Å². The molecule has 0 saturated carbocycles. The molecule has 134 valence electrons. The van der Waals surface area contributed by atoms with Gasteiger partial charge in [-0.05, 0) is 56.0 Å². The molecule has 25 heavy (non-hydrogen) atoms. The summed E-state index contributed by atoms with van der Waals surface area (Å²) in [6, 6.07) is 14.0. The summed E-state index contributed by atoms with van der Waals surface area (Å²) in [5.41, 5.74) is 4.48. The average Bonchev–Trinajstić information content (AvgIpc) is 2.59. The Balaban J connectivity index is 1.73. The molecule has 0 aliphatic heterocycles. The molecule has 0 spiro atoms. The van der Waals surface area contributed by atoms with E-state index in [1.54, 1.807) is 6.92 Å². The molecule has 0 saturated heterocycles. The number of amides is 1. The number of nitrogens with one attached hydrogen (secondary N) is 1. The lowest BCUT2D eigenvalue weighted by Gasteiger charge is -2.18. The van der Waals surface area contributed by atoms with Crippen LogP contribution in [0.4, 0.5) is 0 Å². The van der Waals surface area contributed by atoms with Gasteiger partial charge in [-0.15, -0.1) is 0 Å². The van der Waals surface area contributed by atoms with Crippen LogP contribution in [-0.4, -0.2) is 25.2 Å². The molecule has 0 bridgehead atoms. The predicted molar refractivity (Wildman–Crippen MR) is 99.9 cm³/mol. The second-order valence-electron chi connectivity index (χ2n) is 6.29. The van der Waals surface area contributed by atoms with E-state index in [0.717, 1.165) is 28.0 Å². The molecule has 2 aromatic carbocycles. The van der Waals surface area contributed by atoms with E-state index in [1.807, 2.05) is 57.2 Å². The van der Waals surface area contributed by atoms with Gasteiger partial charge in [-0.3, -0.25) is 4.79 Å². The normalized spacial score (nSPS) is 11.8. The minimum absolute atomic E-state index is 0.137. The lowest BCUT2D eigenvalue weighted by molar-refractivity contribution is -0.127. The maximum atomic E-state index is 12.2. The van der Waals surface area contributed by atoms with Gasteiger partial charge in [0.05, 0.1) is 13.2 Å². The van der Waals surface area contributed by atoms with Gasteiger partial charge < -0.3 is 14.8 Å². The number of rotatable bonds is 8. The van der Waals surface area contributed by atoms with Gasteiger partial charge in [-0.25, -0.2) is 0 Å². The lowest BCUT2D eigenvalue weighted by Crippen LogP contribution is -2.38. The summed E-state index contributed by atoms with van der Waals surface area (Å²) in [6.07, 6.45) is -0.547. The molecular weight excluding hydrogens is 314 g/mol. The van der Waals surface area contributed by atoms with Crippen LogP contribution >= 0.6 is 0 Å². The first-order chi connectivity index (χ1) is 12.0. The fraction of sp³-hybridized carbons (Fsp3) is 0.381. The van der Waals surface area contributed by atoms with Crippen LogP contribution in [0.3, 0.4) is 0 Å². The third-order valence-corrected chi connectivity index (χ3v) is 4.09. The van der Waals surface area contributed by atoms with Crippen molar-refractivity contribution in [2.45, 2.75) is 40.4 Å². The Morgan fingerprint density at radius 3 is 2.56 bits per heavy atom. The molecule has 0 aliphatic carbocycles. The second-order valence-corrected chi connectivity index (χ2v) is 6.29. The van der Waals surface area contributed by atoms with Gasteiger partial charge >= 0.3 is 0 Å². The maximum Gasteiger partial charge on any atom is 0.260 e. The third kappa shape index (κ3) is 5.91. The molecule has 0 aliphatic rings. The molecule has 0 fully saturated rings. The molecule has 0 unspecified atom stereocenters. The van der Waals surface area contributed by atoms with Crippen LogP contribution in [0, 0.1) is 20.8 Å². The van der Waals surface area contributed by atoms with Crippen LogP contribution in [0.1, 0.15) is 29.2 Å². The zero-order valence-electron chi connectivity index (χ0n) is 15.5. The van der Waals surface area contributed by atoms with E-state index in [1.165, 1.54) is 0 Å². The Morgan fingerprint density at radius 1 is 1.12 bits per heavy atom. The van der Waals surface area contributed by atoms with E-state index in [0.29, 0.717) is 19.8 Å². The van der Waals surface area contributed by atoms with Crippen molar-refractivity contribution in [1.82, 2.24) is 5.32 Å². The Kier molecular flexibility index (Phi) is 7.02. The molecular formula is C21H27NO3. The molecule has 2 aromatic rings. The maximum absolute atomic E-state index is 12.2. The highest BCUT2D eigenvalue weighted by Crippen LogP contribution is 2.24. The van der Waals surface area contributed by atoms with Crippen molar-refractivity contribution >= 4 is 5.91 Å². The molecule has 4 nitrogen and oxygen atoms in total. The smallest absolute Gasteiger partial charge is 0.260 e. The molecule has 2 rings (SSSR count). The topological polar surface area (TPSA) is 47.6 Å². The van der Waals surface area contributed by atoms with Gasteiger partial charge in [0.2, 0.25) is 0 Å². The van der Waals surface area contributed by atoms with Crippen LogP contribution in [0.15, 0.2) is 42.5 Å². The van der Waals surface area contributed by atoms with Crippen LogP contribution in [0.25, 0.3) is 0 Å². The molecule has 0 aromatic heterocycles. The van der Waals surface area contributed by atoms with Gasteiger partial charge in [0.1, 0.15) is 5.75 Å². The fourth-order valence-corrected chi connectivity index (χ4v) is 2.52. The van der Waals surface area contributed by atoms with E-state index in [4.69, 9.17) is 9.47 Å². The Morgan fingerprint density at radius 2 is 1.84 bits per heavy atom. The first-order valence-electron chi connectivity index (χ1n) is 8.61. The minimum atomic E-state index is -0.547. The van der Waals surface area contributed by atoms with Crippen molar-refractivity contribution < 1.29 is 14.3 Å². The monoisotopic (exact) mass is 341 g/mol. The molecule has 4 heteroatoms. The number of carbonyl (C=O) groups excluding carboxylic acids is 1. The van der Waals surface area contributed by atoms with Crippen molar-refractivity contribution in [3.63, 3.8) is 0 Å². The molecule has 1 amide bonds. The fourth-order valence-electron chi connectivity index (χ4n) is 2.52. The third-order valence-electron chi connectivity index (χ3n) is 4.09. The van der Waals surface area contributed by atoms with Gasteiger partial charge in [0.25, 0.3) is 5.91 Å². The molecule has 1 N–H and O–H groups in total. The summed E-state index contributed by atoms with van der Waals surface area (Å²) in [7, 11) is 0. The van der Waals surface area contributed by atoms with E-state index in [9.17, 15) is 4.79 Å². The van der Waals surface area contributed by atoms with Crippen LogP contribution < -0.4 is 10.1 Å². The standard InChI is InChI=1S/C21H27NO3/c1-15-12-16(2)17(3)20(13-15)25-18(4)21(23)22-10-11-24-14-19-8-6-5-7-9-19/h5-9,12-13,18H,10-11,14H2,1-4H3,(H,22,23)/t18-/m1/s1. The van der Waals surface area contributed by atoms with Gasteiger partial charge in [0.15, 0.2) is 6.10 Å². The highest BCUT2D eigenvalue weighted by atomic mass is 16.5. The lowest BCUT2D eigenvalue weighted by atomic mass is 10.1. The van der Waals surface area contributed by atoms with Crippen molar-refractivity contribution in [3.8, 4) is 5.75 Å². The second kappa shape index (κ2) is 9.23. The number of ether oxygens (including phenoxy) is 2. The number of aryl methyl sites for hydroxylation is 2. The van der Waals surface area contributed by atoms with Crippen LogP contribution in [-0.2, 0) is 16.1 Å². The summed E-state index contributed by atoms with van der Waals surface area (Å²) in [6.45, 7) is 9.31. The Hall–Kier alpha value is -2.33. The summed E-state index contributed by atoms with van der Waals surface area (Å²) < 4.78 is 11.4. The van der Waals surface area contributed by atoms with Gasteiger partial charge in [0, 0.05) is 6.54 Å². The summed E-state index contributed by atoms with van der Waals surface area (Å²) >= 11 is 0. The Labute approximate surface area is 150 Å². The van der Waals surface area contributed by atoms with E-state index in [2.05, 4.69) is 11.4 Å².